The fraction of sp³-hybridized carbons (Fsp3) is 0.233. The Labute approximate surface area is 261 Å². The van der Waals surface area contributed by atoms with Gasteiger partial charge in [0.15, 0.2) is 0 Å². The van der Waals surface area contributed by atoms with Gasteiger partial charge in [-0.25, -0.2) is 9.48 Å². The topological polar surface area (TPSA) is 78.3 Å². The number of thioether (sulfide) groups is 1. The van der Waals surface area contributed by atoms with Crippen LogP contribution in [0, 0.1) is 0 Å². The average Bonchev–Trinajstić information content (AvgIpc) is 3.37. The molecule has 3 aromatic carbocycles. The van der Waals surface area contributed by atoms with E-state index < -0.39 is 12.0 Å². The molecule has 41 heavy (non-hydrogen) atoms. The zero-order chi connectivity index (χ0) is 28.9. The molecule has 1 aliphatic heterocycles. The minimum atomic E-state index is -0.661. The molecule has 1 unspecified atom stereocenters. The first-order valence-electron chi connectivity index (χ1n) is 13.0. The SMILES string of the molecule is CCCSc1nc2n(n1)C(c1cc(Br)ccc1OCc1ccc(Cl)cc1Cl)C(C(=O)OCc1ccccc1)=C(C)N2. The van der Waals surface area contributed by atoms with Crippen LogP contribution in [0.5, 0.6) is 5.75 Å². The van der Waals surface area contributed by atoms with Crippen molar-refractivity contribution in [2.45, 2.75) is 44.7 Å². The molecule has 1 aromatic heterocycles. The molecule has 0 fully saturated rings. The maximum atomic E-state index is 13.7. The Morgan fingerprint density at radius 2 is 1.90 bits per heavy atom. The first-order chi connectivity index (χ1) is 19.8. The normalized spacial score (nSPS) is 14.4. The summed E-state index contributed by atoms with van der Waals surface area (Å²) in [6.07, 6.45) is 0.983. The van der Waals surface area contributed by atoms with Crippen molar-refractivity contribution in [1.29, 1.82) is 0 Å². The minimum absolute atomic E-state index is 0.141. The molecule has 1 atom stereocenters. The molecule has 11 heteroatoms. The molecule has 0 aliphatic carbocycles. The lowest BCUT2D eigenvalue weighted by Crippen LogP contribution is -2.30. The van der Waals surface area contributed by atoms with Crippen LogP contribution in [0.2, 0.25) is 10.0 Å². The first-order valence-corrected chi connectivity index (χ1v) is 15.5. The number of aromatic nitrogens is 3. The van der Waals surface area contributed by atoms with Gasteiger partial charge in [0.1, 0.15) is 25.0 Å². The number of benzene rings is 3. The summed E-state index contributed by atoms with van der Waals surface area (Å²) in [6.45, 7) is 4.29. The van der Waals surface area contributed by atoms with E-state index >= 15 is 0 Å². The fourth-order valence-corrected chi connectivity index (χ4v) is 5.92. The van der Waals surface area contributed by atoms with Crippen molar-refractivity contribution in [3.8, 4) is 5.75 Å². The summed E-state index contributed by atoms with van der Waals surface area (Å²) in [5.41, 5.74) is 3.44. The van der Waals surface area contributed by atoms with E-state index in [9.17, 15) is 4.79 Å². The Morgan fingerprint density at radius 1 is 1.10 bits per heavy atom. The third kappa shape index (κ3) is 6.92. The lowest BCUT2D eigenvalue weighted by atomic mass is 9.95. The third-order valence-electron chi connectivity index (χ3n) is 6.37. The highest BCUT2D eigenvalue weighted by Gasteiger charge is 2.37. The predicted octanol–water partition coefficient (Wildman–Crippen LogP) is 8.46. The molecular weight excluding hydrogens is 647 g/mol. The second kappa shape index (κ2) is 13.3. The smallest absolute Gasteiger partial charge is 0.338 e. The Hall–Kier alpha value is -2.98. The van der Waals surface area contributed by atoms with Gasteiger partial charge in [-0.3, -0.25) is 0 Å². The van der Waals surface area contributed by atoms with Crippen molar-refractivity contribution < 1.29 is 14.3 Å². The fourth-order valence-electron chi connectivity index (χ4n) is 4.40. The van der Waals surface area contributed by atoms with E-state index in [1.807, 2.05) is 61.5 Å². The Balaban J connectivity index is 1.54. The number of esters is 1. The van der Waals surface area contributed by atoms with Gasteiger partial charge in [-0.2, -0.15) is 4.98 Å². The van der Waals surface area contributed by atoms with Crippen molar-refractivity contribution in [3.63, 3.8) is 0 Å². The van der Waals surface area contributed by atoms with E-state index in [0.717, 1.165) is 33.3 Å². The maximum Gasteiger partial charge on any atom is 0.338 e. The van der Waals surface area contributed by atoms with E-state index in [1.54, 1.807) is 28.6 Å². The van der Waals surface area contributed by atoms with Crippen LogP contribution < -0.4 is 10.1 Å². The van der Waals surface area contributed by atoms with Crippen LogP contribution in [-0.2, 0) is 22.7 Å². The molecule has 2 heterocycles. The number of carbonyl (C=O) groups is 1. The van der Waals surface area contributed by atoms with Gasteiger partial charge in [0.2, 0.25) is 11.1 Å². The minimum Gasteiger partial charge on any atom is -0.488 e. The van der Waals surface area contributed by atoms with E-state index in [-0.39, 0.29) is 13.2 Å². The quantitative estimate of drug-likeness (QED) is 0.134. The van der Waals surface area contributed by atoms with Crippen molar-refractivity contribution in [2.24, 2.45) is 0 Å². The highest BCUT2D eigenvalue weighted by molar-refractivity contribution is 9.10. The molecule has 1 aliphatic rings. The van der Waals surface area contributed by atoms with Crippen molar-refractivity contribution in [3.05, 3.63) is 109 Å². The Bertz CT molecular complexity index is 1600. The third-order valence-corrected chi connectivity index (χ3v) is 8.49. The number of allylic oxidation sites excluding steroid dienone is 1. The van der Waals surface area contributed by atoms with E-state index in [0.29, 0.717) is 38.2 Å². The molecular formula is C30H27BrCl2N4O3S. The van der Waals surface area contributed by atoms with Crippen LogP contribution in [0.1, 0.15) is 43.0 Å². The highest BCUT2D eigenvalue weighted by Crippen LogP contribution is 2.42. The molecule has 4 aromatic rings. The van der Waals surface area contributed by atoms with E-state index in [2.05, 4.69) is 28.2 Å². The predicted molar refractivity (Wildman–Crippen MR) is 167 cm³/mol. The number of halogens is 3. The summed E-state index contributed by atoms with van der Waals surface area (Å²) in [7, 11) is 0. The van der Waals surface area contributed by atoms with Gasteiger partial charge in [-0.1, -0.05) is 94.2 Å². The Morgan fingerprint density at radius 3 is 2.66 bits per heavy atom. The van der Waals surface area contributed by atoms with Crippen LogP contribution in [0.25, 0.3) is 0 Å². The van der Waals surface area contributed by atoms with Crippen molar-refractivity contribution >= 4 is 62.8 Å². The van der Waals surface area contributed by atoms with Crippen molar-refractivity contribution in [1.82, 2.24) is 14.8 Å². The van der Waals surface area contributed by atoms with Gasteiger partial charge in [-0.05, 0) is 49.2 Å². The molecule has 0 amide bonds. The molecule has 1 N–H and O–H groups in total. The van der Waals surface area contributed by atoms with Crippen LogP contribution >= 0.6 is 50.9 Å². The molecule has 0 spiro atoms. The molecule has 0 radical (unpaired) electrons. The van der Waals surface area contributed by atoms with Crippen LogP contribution in [0.3, 0.4) is 0 Å². The van der Waals surface area contributed by atoms with Crippen molar-refractivity contribution in [2.75, 3.05) is 11.1 Å². The summed E-state index contributed by atoms with van der Waals surface area (Å²) in [5.74, 6) is 1.52. The number of hydrogen-bond acceptors (Lipinski definition) is 7. The first kappa shape index (κ1) is 29.5. The monoisotopic (exact) mass is 672 g/mol. The summed E-state index contributed by atoms with van der Waals surface area (Å²) < 4.78 is 14.7. The molecule has 5 rings (SSSR count). The Kier molecular flexibility index (Phi) is 9.60. The number of rotatable bonds is 10. The zero-order valence-electron chi connectivity index (χ0n) is 22.4. The average molecular weight is 674 g/mol. The van der Waals surface area contributed by atoms with Gasteiger partial charge >= 0.3 is 5.97 Å². The summed E-state index contributed by atoms with van der Waals surface area (Å²) >= 11 is 17.7. The standard InChI is InChI=1S/C30H27BrCl2N4O3S/c1-3-13-41-30-35-29-34-18(2)26(28(38)40-16-19-7-5-4-6-8-19)27(37(29)36-30)23-14-21(31)10-12-25(23)39-17-20-9-11-22(32)15-24(20)33/h4-12,14-15,27H,3,13,16-17H2,1-2H3,(H,34,35,36). The second-order valence-electron chi connectivity index (χ2n) is 9.35. The zero-order valence-corrected chi connectivity index (χ0v) is 26.3. The van der Waals surface area contributed by atoms with Crippen LogP contribution in [0.15, 0.2) is 87.6 Å². The number of hydrogen-bond donors (Lipinski definition) is 1. The van der Waals surface area contributed by atoms with Crippen LogP contribution in [-0.4, -0.2) is 26.5 Å². The number of nitrogens with one attached hydrogen (secondary N) is 1. The second-order valence-corrected chi connectivity index (χ2v) is 12.2. The number of nitrogens with zero attached hydrogens (tertiary/aromatic N) is 3. The highest BCUT2D eigenvalue weighted by atomic mass is 79.9. The molecule has 0 saturated carbocycles. The van der Waals surface area contributed by atoms with Gasteiger partial charge in [-0.15, -0.1) is 5.10 Å². The van der Waals surface area contributed by atoms with Crippen LogP contribution in [0.4, 0.5) is 5.95 Å². The molecule has 212 valence electrons. The van der Waals surface area contributed by atoms with E-state index in [1.165, 1.54) is 0 Å². The lowest BCUT2D eigenvalue weighted by Gasteiger charge is -2.29. The lowest BCUT2D eigenvalue weighted by molar-refractivity contribution is -0.140. The largest absolute Gasteiger partial charge is 0.488 e. The summed E-state index contributed by atoms with van der Waals surface area (Å²) in [4.78, 5) is 18.4. The van der Waals surface area contributed by atoms with Gasteiger partial charge in [0.05, 0.1) is 5.57 Å². The van der Waals surface area contributed by atoms with E-state index in [4.69, 9.17) is 42.8 Å². The number of fused-ring (bicyclic) bond motifs is 1. The van der Waals surface area contributed by atoms with Gasteiger partial charge in [0, 0.05) is 37.1 Å². The summed E-state index contributed by atoms with van der Waals surface area (Å²) in [6, 6.07) is 19.9. The summed E-state index contributed by atoms with van der Waals surface area (Å²) in [5, 5.41) is 9.74. The van der Waals surface area contributed by atoms with Gasteiger partial charge < -0.3 is 14.8 Å². The number of anilines is 1. The number of carbonyl (C=O) groups excluding carboxylic acids is 1. The molecule has 0 bridgehead atoms. The van der Waals surface area contributed by atoms with Gasteiger partial charge in [0.25, 0.3) is 0 Å². The molecule has 7 nitrogen and oxygen atoms in total. The maximum absolute atomic E-state index is 13.7. The molecule has 0 saturated heterocycles. The number of ether oxygens (including phenoxy) is 2.